The molecule has 0 aliphatic heterocycles. The lowest BCUT2D eigenvalue weighted by atomic mass is 9.77. The number of Topliss-reactive ketones (excluding diaryl/α,β-unsaturated/α-hetero) is 1. The van der Waals surface area contributed by atoms with Gasteiger partial charge >= 0.3 is 0 Å². The Morgan fingerprint density at radius 3 is 2.60 bits per heavy atom. The molecular weight excluding hydrogens is 184 g/mol. The Balaban J connectivity index is 2.66. The van der Waals surface area contributed by atoms with E-state index in [2.05, 4.69) is 39.0 Å². The van der Waals surface area contributed by atoms with E-state index in [1.165, 1.54) is 5.57 Å². The van der Waals surface area contributed by atoms with Gasteiger partial charge in [-0.2, -0.15) is 0 Å². The lowest BCUT2D eigenvalue weighted by Gasteiger charge is -2.27. The predicted molar refractivity (Wildman–Crippen MR) is 64.6 cm³/mol. The van der Waals surface area contributed by atoms with Crippen LogP contribution in [-0.4, -0.2) is 5.78 Å². The van der Waals surface area contributed by atoms with Gasteiger partial charge in [-0.05, 0) is 31.6 Å². The highest BCUT2D eigenvalue weighted by Gasteiger charge is 2.32. The molecule has 0 saturated carbocycles. The van der Waals surface area contributed by atoms with Crippen LogP contribution >= 0.6 is 0 Å². The molecule has 0 bridgehead atoms. The second-order valence-corrected chi connectivity index (χ2v) is 5.24. The Labute approximate surface area is 93.3 Å². The second-order valence-electron chi connectivity index (χ2n) is 5.24. The van der Waals surface area contributed by atoms with Gasteiger partial charge in [0.15, 0.2) is 0 Å². The standard InChI is InChI=1S/C14H22O/c1-10(12(3)15)6-8-13-9-7-11(2)14(13,4)5/h6-8,10,13H,9H2,1-5H3/t10?,13-/m1/s1. The number of carbonyl (C=O) groups excluding carboxylic acids is 1. The van der Waals surface area contributed by atoms with E-state index in [9.17, 15) is 4.79 Å². The fourth-order valence-corrected chi connectivity index (χ4v) is 1.91. The Bertz CT molecular complexity index is 307. The van der Waals surface area contributed by atoms with Crippen molar-refractivity contribution in [3.63, 3.8) is 0 Å². The maximum atomic E-state index is 11.1. The molecule has 1 rings (SSSR count). The molecule has 0 spiro atoms. The van der Waals surface area contributed by atoms with Gasteiger partial charge in [0, 0.05) is 5.92 Å². The number of hydrogen-bond donors (Lipinski definition) is 0. The van der Waals surface area contributed by atoms with Crippen LogP contribution in [0.2, 0.25) is 0 Å². The topological polar surface area (TPSA) is 17.1 Å². The fourth-order valence-electron chi connectivity index (χ4n) is 1.91. The third kappa shape index (κ3) is 2.58. The third-order valence-corrected chi connectivity index (χ3v) is 3.89. The summed E-state index contributed by atoms with van der Waals surface area (Å²) in [6.45, 7) is 10.4. The van der Waals surface area contributed by atoms with Crippen molar-refractivity contribution in [1.29, 1.82) is 0 Å². The highest BCUT2D eigenvalue weighted by molar-refractivity contribution is 5.79. The van der Waals surface area contributed by atoms with Gasteiger partial charge in [0.05, 0.1) is 0 Å². The molecule has 1 nitrogen and oxygen atoms in total. The Hall–Kier alpha value is -0.850. The highest BCUT2D eigenvalue weighted by Crippen LogP contribution is 2.43. The van der Waals surface area contributed by atoms with Crippen LogP contribution in [0.3, 0.4) is 0 Å². The van der Waals surface area contributed by atoms with Crippen LogP contribution < -0.4 is 0 Å². The fraction of sp³-hybridized carbons (Fsp3) is 0.643. The molecule has 0 N–H and O–H groups in total. The van der Waals surface area contributed by atoms with Crippen LogP contribution in [0.4, 0.5) is 0 Å². The molecule has 0 heterocycles. The van der Waals surface area contributed by atoms with Gasteiger partial charge in [-0.1, -0.05) is 44.6 Å². The molecular formula is C14H22O. The van der Waals surface area contributed by atoms with Crippen LogP contribution in [0.15, 0.2) is 23.8 Å². The van der Waals surface area contributed by atoms with Crippen molar-refractivity contribution in [3.05, 3.63) is 23.8 Å². The van der Waals surface area contributed by atoms with Gasteiger partial charge in [0.1, 0.15) is 5.78 Å². The monoisotopic (exact) mass is 206 g/mol. The van der Waals surface area contributed by atoms with Crippen molar-refractivity contribution in [3.8, 4) is 0 Å². The molecule has 1 heteroatoms. The summed E-state index contributed by atoms with van der Waals surface area (Å²) in [6.07, 6.45) is 7.70. The van der Waals surface area contributed by atoms with Crippen molar-refractivity contribution >= 4 is 5.78 Å². The summed E-state index contributed by atoms with van der Waals surface area (Å²) >= 11 is 0. The quantitative estimate of drug-likeness (QED) is 0.643. The summed E-state index contributed by atoms with van der Waals surface area (Å²) < 4.78 is 0. The smallest absolute Gasteiger partial charge is 0.136 e. The van der Waals surface area contributed by atoms with Gasteiger partial charge in [-0.15, -0.1) is 0 Å². The Kier molecular flexibility index (Phi) is 3.54. The minimum atomic E-state index is 0.0571. The van der Waals surface area contributed by atoms with Crippen molar-refractivity contribution in [2.45, 2.75) is 41.0 Å². The van der Waals surface area contributed by atoms with Gasteiger partial charge in [0.2, 0.25) is 0 Å². The van der Waals surface area contributed by atoms with E-state index in [4.69, 9.17) is 0 Å². The van der Waals surface area contributed by atoms with E-state index in [1.807, 2.05) is 6.92 Å². The zero-order valence-corrected chi connectivity index (χ0v) is 10.5. The summed E-state index contributed by atoms with van der Waals surface area (Å²) in [6, 6.07) is 0. The number of carbonyl (C=O) groups is 1. The summed E-state index contributed by atoms with van der Waals surface area (Å²) in [5, 5.41) is 0. The van der Waals surface area contributed by atoms with Crippen LogP contribution in [0.5, 0.6) is 0 Å². The molecule has 0 aromatic carbocycles. The number of ketones is 1. The summed E-state index contributed by atoms with van der Waals surface area (Å²) in [7, 11) is 0. The van der Waals surface area contributed by atoms with Gasteiger partial charge in [-0.3, -0.25) is 4.79 Å². The molecule has 1 aliphatic carbocycles. The molecule has 0 radical (unpaired) electrons. The molecule has 0 saturated heterocycles. The normalized spacial score (nSPS) is 26.7. The first-order valence-corrected chi connectivity index (χ1v) is 5.71. The maximum absolute atomic E-state index is 11.1. The van der Waals surface area contributed by atoms with Crippen molar-refractivity contribution < 1.29 is 4.79 Å². The zero-order valence-electron chi connectivity index (χ0n) is 10.5. The number of allylic oxidation sites excluding steroid dienone is 4. The first-order valence-electron chi connectivity index (χ1n) is 5.71. The van der Waals surface area contributed by atoms with Crippen LogP contribution in [0.25, 0.3) is 0 Å². The SMILES string of the molecule is CC(=O)C(C)C=C[C@@H]1CC=C(C)C1(C)C. The molecule has 0 aromatic heterocycles. The molecule has 0 aromatic rings. The Morgan fingerprint density at radius 1 is 1.60 bits per heavy atom. The first-order chi connectivity index (χ1) is 6.85. The lowest BCUT2D eigenvalue weighted by Crippen LogP contribution is -2.18. The molecule has 2 atom stereocenters. The summed E-state index contributed by atoms with van der Waals surface area (Å²) in [5.41, 5.74) is 1.72. The molecule has 1 unspecified atom stereocenters. The predicted octanol–water partition coefficient (Wildman–Crippen LogP) is 3.76. The van der Waals surface area contributed by atoms with Crippen LogP contribution in [-0.2, 0) is 4.79 Å². The number of hydrogen-bond acceptors (Lipinski definition) is 1. The average molecular weight is 206 g/mol. The van der Waals surface area contributed by atoms with Crippen molar-refractivity contribution in [2.24, 2.45) is 17.3 Å². The minimum Gasteiger partial charge on any atom is -0.299 e. The molecule has 15 heavy (non-hydrogen) atoms. The van der Waals surface area contributed by atoms with Crippen LogP contribution in [0.1, 0.15) is 41.0 Å². The average Bonchev–Trinajstić information content (AvgIpc) is 2.39. The van der Waals surface area contributed by atoms with Crippen LogP contribution in [0, 0.1) is 17.3 Å². The minimum absolute atomic E-state index is 0.0571. The maximum Gasteiger partial charge on any atom is 0.136 e. The van der Waals surface area contributed by atoms with E-state index >= 15 is 0 Å². The Morgan fingerprint density at radius 2 is 2.20 bits per heavy atom. The molecule has 84 valence electrons. The van der Waals surface area contributed by atoms with E-state index in [0.29, 0.717) is 5.92 Å². The zero-order chi connectivity index (χ0) is 11.6. The van der Waals surface area contributed by atoms with E-state index in [0.717, 1.165) is 6.42 Å². The van der Waals surface area contributed by atoms with Gasteiger partial charge < -0.3 is 0 Å². The second kappa shape index (κ2) is 4.34. The largest absolute Gasteiger partial charge is 0.299 e. The molecule has 1 aliphatic rings. The highest BCUT2D eigenvalue weighted by atomic mass is 16.1. The van der Waals surface area contributed by atoms with E-state index < -0.39 is 0 Å². The summed E-state index contributed by atoms with van der Waals surface area (Å²) in [5.74, 6) is 0.854. The van der Waals surface area contributed by atoms with E-state index in [1.54, 1.807) is 6.92 Å². The lowest BCUT2D eigenvalue weighted by molar-refractivity contribution is -0.118. The third-order valence-electron chi connectivity index (χ3n) is 3.89. The number of rotatable bonds is 3. The van der Waals surface area contributed by atoms with E-state index in [-0.39, 0.29) is 17.1 Å². The van der Waals surface area contributed by atoms with Gasteiger partial charge in [-0.25, -0.2) is 0 Å². The van der Waals surface area contributed by atoms with Gasteiger partial charge in [0.25, 0.3) is 0 Å². The summed E-state index contributed by atoms with van der Waals surface area (Å²) in [4.78, 5) is 11.1. The molecule has 0 amide bonds. The molecule has 0 fully saturated rings. The first kappa shape index (κ1) is 12.2. The van der Waals surface area contributed by atoms with Crippen molar-refractivity contribution in [1.82, 2.24) is 0 Å². The van der Waals surface area contributed by atoms with Crippen molar-refractivity contribution in [2.75, 3.05) is 0 Å².